The fourth-order valence-electron chi connectivity index (χ4n) is 6.03. The molecule has 0 spiro atoms. The highest BCUT2D eigenvalue weighted by Gasteiger charge is 2.60. The first-order valence-electron chi connectivity index (χ1n) is 12.6. The fraction of sp³-hybridized carbons (Fsp3) is 0.519. The van der Waals surface area contributed by atoms with Gasteiger partial charge in [0, 0.05) is 50.8 Å². The van der Waals surface area contributed by atoms with Gasteiger partial charge in [0.05, 0.1) is 18.3 Å². The van der Waals surface area contributed by atoms with Gasteiger partial charge in [0.2, 0.25) is 5.78 Å². The molecule has 0 bridgehead atoms. The Morgan fingerprint density at radius 2 is 1.92 bits per heavy atom. The summed E-state index contributed by atoms with van der Waals surface area (Å²) in [5.74, 6) is -6.40. The van der Waals surface area contributed by atoms with Gasteiger partial charge in [-0.05, 0) is 49.8 Å². The first kappa shape index (κ1) is 27.6. The van der Waals surface area contributed by atoms with Crippen LogP contribution in [0.5, 0.6) is 5.75 Å². The maximum absolute atomic E-state index is 13.6. The van der Waals surface area contributed by atoms with E-state index in [9.17, 15) is 34.8 Å². The number of nitrogens with zero attached hydrogens (tertiary/aromatic N) is 1. The Morgan fingerprint density at radius 3 is 2.53 bits per heavy atom. The summed E-state index contributed by atoms with van der Waals surface area (Å²) in [6.45, 7) is 5.43. The van der Waals surface area contributed by atoms with Crippen LogP contribution in [0.4, 0.5) is 5.69 Å². The smallest absolute Gasteiger partial charge is 0.255 e. The Bertz CT molecular complexity index is 1270. The number of ether oxygens (including phenoxy) is 1. The van der Waals surface area contributed by atoms with Gasteiger partial charge < -0.3 is 41.1 Å². The zero-order chi connectivity index (χ0) is 28.1. The summed E-state index contributed by atoms with van der Waals surface area (Å²) in [6, 6.07) is 1.52. The van der Waals surface area contributed by atoms with Gasteiger partial charge in [-0.2, -0.15) is 0 Å². The van der Waals surface area contributed by atoms with Gasteiger partial charge in [-0.25, -0.2) is 0 Å². The van der Waals surface area contributed by atoms with E-state index in [1.54, 1.807) is 0 Å². The maximum atomic E-state index is 13.6. The minimum Gasteiger partial charge on any atom is -0.508 e. The molecule has 0 aliphatic heterocycles. The standard InChI is InChI=1S/C27H35N3O8/c1-12(2)38-6-5-29-11-14-9-17(31)20-16(22(14)30(3)4)8-13-7-15-10-18(32)21(26(28)36)25(35)27(15,37)24(34)19(13)23(20)33/h9,12-13,15,29,31,33,35,37H,5-8,10-11H2,1-4H3,(H2,28,36)/t13?,15-,27-/m0/s1. The molecule has 3 atom stereocenters. The summed E-state index contributed by atoms with van der Waals surface area (Å²) < 4.78 is 5.56. The van der Waals surface area contributed by atoms with E-state index in [1.807, 2.05) is 32.8 Å². The molecule has 0 saturated heterocycles. The molecule has 38 heavy (non-hydrogen) atoms. The second-order valence-electron chi connectivity index (χ2n) is 10.7. The number of hydrogen-bond acceptors (Lipinski definition) is 10. The maximum Gasteiger partial charge on any atom is 0.255 e. The van der Waals surface area contributed by atoms with E-state index >= 15 is 0 Å². The molecule has 1 aromatic carbocycles. The summed E-state index contributed by atoms with van der Waals surface area (Å²) in [4.78, 5) is 39.8. The Kier molecular flexibility index (Phi) is 7.30. The van der Waals surface area contributed by atoms with E-state index in [-0.39, 0.29) is 42.3 Å². The van der Waals surface area contributed by atoms with Crippen molar-refractivity contribution in [3.05, 3.63) is 39.7 Å². The molecule has 1 aromatic rings. The molecule has 3 aliphatic carbocycles. The number of aliphatic hydroxyl groups excluding tert-OH is 2. The van der Waals surface area contributed by atoms with Crippen LogP contribution in [0.25, 0.3) is 5.76 Å². The minimum absolute atomic E-state index is 0.0766. The highest BCUT2D eigenvalue weighted by atomic mass is 16.5. The van der Waals surface area contributed by atoms with E-state index < -0.39 is 52.0 Å². The van der Waals surface area contributed by atoms with Crippen LogP contribution < -0.4 is 16.0 Å². The number of primary amides is 1. The molecule has 7 N–H and O–H groups in total. The quantitative estimate of drug-likeness (QED) is 0.210. The van der Waals surface area contributed by atoms with E-state index in [4.69, 9.17) is 10.5 Å². The van der Waals surface area contributed by atoms with Crippen molar-refractivity contribution in [2.24, 2.45) is 17.6 Å². The number of aliphatic hydroxyl groups is 3. The third kappa shape index (κ3) is 4.34. The number of anilines is 1. The van der Waals surface area contributed by atoms with Crippen LogP contribution in [0.2, 0.25) is 0 Å². The highest BCUT2D eigenvalue weighted by molar-refractivity contribution is 6.22. The van der Waals surface area contributed by atoms with Gasteiger partial charge in [-0.3, -0.25) is 14.4 Å². The van der Waals surface area contributed by atoms with E-state index in [0.717, 1.165) is 11.3 Å². The number of nitrogens with one attached hydrogen (secondary N) is 1. The second kappa shape index (κ2) is 10.0. The Labute approximate surface area is 220 Å². The number of phenolic OH excluding ortho intramolecular Hbond substituents is 1. The van der Waals surface area contributed by atoms with E-state index in [0.29, 0.717) is 25.3 Å². The number of aromatic hydroxyl groups is 1. The van der Waals surface area contributed by atoms with Crippen LogP contribution in [-0.2, 0) is 32.1 Å². The SMILES string of the molecule is CC(C)OCCNCc1cc(O)c2c(c1N(C)C)CC1C[C@H]3CC(=O)C(C(N)=O)=C(O)[C@@]3(O)C(=O)C1=C2O. The summed E-state index contributed by atoms with van der Waals surface area (Å²) >= 11 is 0. The molecule has 1 saturated carbocycles. The van der Waals surface area contributed by atoms with Crippen molar-refractivity contribution in [3.8, 4) is 5.75 Å². The van der Waals surface area contributed by atoms with Crippen molar-refractivity contribution < 1.29 is 39.5 Å². The molecule has 3 aliphatic rings. The normalized spacial score (nSPS) is 24.9. The third-order valence-corrected chi connectivity index (χ3v) is 7.61. The van der Waals surface area contributed by atoms with Gasteiger partial charge in [0.25, 0.3) is 5.91 Å². The van der Waals surface area contributed by atoms with Crippen LogP contribution in [0, 0.1) is 11.8 Å². The molecule has 1 unspecified atom stereocenters. The summed E-state index contributed by atoms with van der Waals surface area (Å²) in [7, 11) is 3.68. The van der Waals surface area contributed by atoms with Crippen LogP contribution in [0.1, 0.15) is 43.4 Å². The number of carbonyl (C=O) groups is 3. The molecule has 0 radical (unpaired) electrons. The average molecular weight is 530 g/mol. The molecule has 0 heterocycles. The van der Waals surface area contributed by atoms with Gasteiger partial charge in [0.15, 0.2) is 11.4 Å². The van der Waals surface area contributed by atoms with Crippen molar-refractivity contribution in [2.75, 3.05) is 32.1 Å². The number of rotatable bonds is 8. The zero-order valence-electron chi connectivity index (χ0n) is 22.0. The molecule has 11 nitrogen and oxygen atoms in total. The Hall–Kier alpha value is -3.41. The third-order valence-electron chi connectivity index (χ3n) is 7.61. The van der Waals surface area contributed by atoms with Gasteiger partial charge in [0.1, 0.15) is 22.8 Å². The Balaban J connectivity index is 1.78. The van der Waals surface area contributed by atoms with Crippen LogP contribution >= 0.6 is 0 Å². The Morgan fingerprint density at radius 1 is 1.24 bits per heavy atom. The van der Waals surface area contributed by atoms with E-state index in [2.05, 4.69) is 5.32 Å². The molecule has 0 aromatic heterocycles. The fourth-order valence-corrected chi connectivity index (χ4v) is 6.03. The van der Waals surface area contributed by atoms with Gasteiger partial charge in [-0.1, -0.05) is 0 Å². The van der Waals surface area contributed by atoms with Crippen molar-refractivity contribution >= 4 is 28.9 Å². The molecule has 206 valence electrons. The number of benzene rings is 1. The van der Waals surface area contributed by atoms with Crippen LogP contribution in [-0.4, -0.2) is 76.9 Å². The molecular formula is C27H35N3O8. The van der Waals surface area contributed by atoms with Crippen LogP contribution in [0.15, 0.2) is 23.0 Å². The minimum atomic E-state index is -2.57. The average Bonchev–Trinajstić information content (AvgIpc) is 2.80. The molecular weight excluding hydrogens is 494 g/mol. The lowest BCUT2D eigenvalue weighted by Crippen LogP contribution is -2.58. The first-order valence-corrected chi connectivity index (χ1v) is 12.6. The van der Waals surface area contributed by atoms with E-state index in [1.165, 1.54) is 6.07 Å². The number of carbonyl (C=O) groups excluding carboxylic acids is 3. The lowest BCUT2D eigenvalue weighted by molar-refractivity contribution is -0.147. The van der Waals surface area contributed by atoms with Gasteiger partial charge in [-0.15, -0.1) is 0 Å². The highest BCUT2D eigenvalue weighted by Crippen LogP contribution is 2.53. The molecule has 1 fully saturated rings. The topological polar surface area (TPSA) is 183 Å². The second-order valence-corrected chi connectivity index (χ2v) is 10.7. The summed E-state index contributed by atoms with van der Waals surface area (Å²) in [5.41, 5.74) is 3.96. The lowest BCUT2D eigenvalue weighted by atomic mass is 9.59. The number of hydrogen-bond donors (Lipinski definition) is 6. The zero-order valence-corrected chi connectivity index (χ0v) is 22.0. The lowest BCUT2D eigenvalue weighted by Gasteiger charge is -2.46. The number of amides is 1. The van der Waals surface area contributed by atoms with Crippen molar-refractivity contribution in [2.45, 2.75) is 51.4 Å². The van der Waals surface area contributed by atoms with Crippen molar-refractivity contribution in [1.82, 2.24) is 5.32 Å². The van der Waals surface area contributed by atoms with Crippen molar-refractivity contribution in [3.63, 3.8) is 0 Å². The molecule has 1 amide bonds. The number of nitrogens with two attached hydrogens (primary N) is 1. The van der Waals surface area contributed by atoms with Crippen LogP contribution in [0.3, 0.4) is 0 Å². The number of fused-ring (bicyclic) bond motifs is 3. The summed E-state index contributed by atoms with van der Waals surface area (Å²) in [5, 5.41) is 47.6. The van der Waals surface area contributed by atoms with Gasteiger partial charge >= 0.3 is 0 Å². The predicted molar refractivity (Wildman–Crippen MR) is 139 cm³/mol. The predicted octanol–water partition coefficient (Wildman–Crippen LogP) is 1.00. The molecule has 4 rings (SSSR count). The monoisotopic (exact) mass is 529 g/mol. The molecule has 11 heteroatoms. The van der Waals surface area contributed by atoms with Crippen molar-refractivity contribution in [1.29, 1.82) is 0 Å². The largest absolute Gasteiger partial charge is 0.508 e. The summed E-state index contributed by atoms with van der Waals surface area (Å²) in [6.07, 6.45) is 0.0996. The first-order chi connectivity index (χ1) is 17.8. The number of ketones is 2. The number of Topliss-reactive ketones (excluding diaryl/α,β-unsaturated/α-hetero) is 2. The number of phenols is 1.